The Morgan fingerprint density at radius 2 is 1.73 bits per heavy atom. The van der Waals surface area contributed by atoms with Crippen LogP contribution in [0.25, 0.3) is 0 Å². The standard InChI is InChI=1S/C21H20Cl2F3N3O3S/c22-17-5-4-16(11-18(17)23)33(31,32)28-8-6-20(7-9-28)27-12-19(30)29(20)13-14-2-1-3-15(10-14)21(24,25)26/h1-5,10-11,27H,6-9,12-13H2. The van der Waals surface area contributed by atoms with Crippen LogP contribution in [0.3, 0.4) is 0 Å². The maximum absolute atomic E-state index is 13.1. The van der Waals surface area contributed by atoms with Crippen molar-refractivity contribution < 1.29 is 26.4 Å². The maximum atomic E-state index is 13.1. The van der Waals surface area contributed by atoms with E-state index >= 15 is 0 Å². The number of nitrogens with zero attached hydrogens (tertiary/aromatic N) is 2. The number of halogens is 5. The number of carbonyl (C=O) groups excluding carboxylic acids is 1. The first-order chi connectivity index (χ1) is 15.4. The second-order valence-electron chi connectivity index (χ2n) is 8.04. The van der Waals surface area contributed by atoms with Gasteiger partial charge in [-0.2, -0.15) is 17.5 Å². The number of amides is 1. The number of piperidine rings is 1. The molecule has 12 heteroatoms. The van der Waals surface area contributed by atoms with Crippen LogP contribution in [0, 0.1) is 0 Å². The van der Waals surface area contributed by atoms with E-state index in [2.05, 4.69) is 5.32 Å². The van der Waals surface area contributed by atoms with Crippen molar-refractivity contribution in [3.63, 3.8) is 0 Å². The smallest absolute Gasteiger partial charge is 0.319 e. The van der Waals surface area contributed by atoms with Crippen LogP contribution in [0.1, 0.15) is 24.0 Å². The number of benzene rings is 2. The minimum Gasteiger partial charge on any atom is -0.319 e. The molecular formula is C21H20Cl2F3N3O3S. The first kappa shape index (κ1) is 24.3. The van der Waals surface area contributed by atoms with Gasteiger partial charge in [0.05, 0.1) is 32.7 Å². The summed E-state index contributed by atoms with van der Waals surface area (Å²) >= 11 is 11.9. The van der Waals surface area contributed by atoms with Crippen LogP contribution in [0.15, 0.2) is 47.4 Å². The van der Waals surface area contributed by atoms with Crippen LogP contribution < -0.4 is 5.32 Å². The van der Waals surface area contributed by atoms with E-state index in [1.54, 1.807) is 6.07 Å². The molecule has 0 bridgehead atoms. The molecule has 1 spiro atoms. The van der Waals surface area contributed by atoms with Crippen molar-refractivity contribution in [2.75, 3.05) is 19.6 Å². The third-order valence-corrected chi connectivity index (χ3v) is 8.69. The largest absolute Gasteiger partial charge is 0.416 e. The number of rotatable bonds is 4. The van der Waals surface area contributed by atoms with Gasteiger partial charge in [0.25, 0.3) is 0 Å². The molecule has 0 unspecified atom stereocenters. The highest BCUT2D eigenvalue weighted by molar-refractivity contribution is 7.89. The lowest BCUT2D eigenvalue weighted by Crippen LogP contribution is -2.58. The Kier molecular flexibility index (Phi) is 6.43. The number of hydrogen-bond acceptors (Lipinski definition) is 4. The lowest BCUT2D eigenvalue weighted by Gasteiger charge is -2.44. The molecule has 2 aliphatic rings. The molecule has 33 heavy (non-hydrogen) atoms. The Hall–Kier alpha value is -1.85. The lowest BCUT2D eigenvalue weighted by atomic mass is 9.96. The Bertz CT molecular complexity index is 1180. The first-order valence-corrected chi connectivity index (χ1v) is 12.3. The van der Waals surface area contributed by atoms with Gasteiger partial charge in [-0.05, 0) is 48.7 Å². The first-order valence-electron chi connectivity index (χ1n) is 10.1. The van der Waals surface area contributed by atoms with Crippen molar-refractivity contribution in [1.29, 1.82) is 0 Å². The van der Waals surface area contributed by atoms with E-state index in [4.69, 9.17) is 23.2 Å². The summed E-state index contributed by atoms with van der Waals surface area (Å²) in [7, 11) is -3.83. The molecule has 178 valence electrons. The van der Waals surface area contributed by atoms with Crippen molar-refractivity contribution >= 4 is 39.1 Å². The number of alkyl halides is 3. The van der Waals surface area contributed by atoms with E-state index in [1.165, 1.54) is 33.5 Å². The molecule has 2 heterocycles. The van der Waals surface area contributed by atoms with E-state index in [0.717, 1.165) is 12.1 Å². The summed E-state index contributed by atoms with van der Waals surface area (Å²) < 4.78 is 66.6. The molecule has 2 aromatic carbocycles. The molecule has 1 N–H and O–H groups in total. The fraction of sp³-hybridized carbons (Fsp3) is 0.381. The number of sulfonamides is 1. The Morgan fingerprint density at radius 3 is 2.36 bits per heavy atom. The second kappa shape index (κ2) is 8.74. The second-order valence-corrected chi connectivity index (χ2v) is 10.8. The molecule has 4 rings (SSSR count). The van der Waals surface area contributed by atoms with Crippen LogP contribution in [0.5, 0.6) is 0 Å². The van der Waals surface area contributed by atoms with Crippen LogP contribution in [-0.4, -0.2) is 48.8 Å². The fourth-order valence-electron chi connectivity index (χ4n) is 4.27. The average Bonchev–Trinajstić information content (AvgIpc) is 3.05. The van der Waals surface area contributed by atoms with Crippen molar-refractivity contribution in [3.05, 3.63) is 63.6 Å². The van der Waals surface area contributed by atoms with Gasteiger partial charge >= 0.3 is 6.18 Å². The molecular weight excluding hydrogens is 502 g/mol. The topological polar surface area (TPSA) is 69.7 Å². The third-order valence-electron chi connectivity index (χ3n) is 6.06. The fourth-order valence-corrected chi connectivity index (χ4v) is 6.10. The average molecular weight is 522 g/mol. The molecule has 0 saturated carbocycles. The molecule has 2 aliphatic heterocycles. The van der Waals surface area contributed by atoms with Gasteiger partial charge in [0, 0.05) is 19.6 Å². The summed E-state index contributed by atoms with van der Waals surface area (Å²) in [5.74, 6) is -0.242. The van der Waals surface area contributed by atoms with Gasteiger partial charge in [0.1, 0.15) is 0 Å². The predicted molar refractivity (Wildman–Crippen MR) is 117 cm³/mol. The number of nitrogens with one attached hydrogen (secondary N) is 1. The van der Waals surface area contributed by atoms with E-state index in [9.17, 15) is 26.4 Å². The molecule has 0 radical (unpaired) electrons. The molecule has 2 saturated heterocycles. The monoisotopic (exact) mass is 521 g/mol. The molecule has 2 aromatic rings. The molecule has 1 amide bonds. The van der Waals surface area contributed by atoms with Gasteiger partial charge in [0.2, 0.25) is 15.9 Å². The van der Waals surface area contributed by atoms with Crippen molar-refractivity contribution in [2.45, 2.75) is 36.1 Å². The van der Waals surface area contributed by atoms with Crippen molar-refractivity contribution in [1.82, 2.24) is 14.5 Å². The zero-order valence-corrected chi connectivity index (χ0v) is 19.5. The number of carbonyl (C=O) groups is 1. The quantitative estimate of drug-likeness (QED) is 0.656. The Labute approximate surface area is 199 Å². The predicted octanol–water partition coefficient (Wildman–Crippen LogP) is 4.13. The highest BCUT2D eigenvalue weighted by atomic mass is 35.5. The van der Waals surface area contributed by atoms with E-state index < -0.39 is 27.4 Å². The van der Waals surface area contributed by atoms with Gasteiger partial charge in [0.15, 0.2) is 0 Å². The molecule has 0 aliphatic carbocycles. The normalized spacial score (nSPS) is 19.4. The molecule has 0 atom stereocenters. The van der Waals surface area contributed by atoms with Crippen LogP contribution in [0.2, 0.25) is 10.0 Å². The summed E-state index contributed by atoms with van der Waals surface area (Å²) in [6.07, 6.45) is -3.90. The summed E-state index contributed by atoms with van der Waals surface area (Å²) in [4.78, 5) is 14.1. The van der Waals surface area contributed by atoms with E-state index in [0.29, 0.717) is 5.56 Å². The minimum absolute atomic E-state index is 0.00467. The SMILES string of the molecule is O=C1CNC2(CCN(S(=O)(=O)c3ccc(Cl)c(Cl)c3)CC2)N1Cc1cccc(C(F)(F)F)c1. The highest BCUT2D eigenvalue weighted by Crippen LogP contribution is 2.35. The Balaban J connectivity index is 1.52. The van der Waals surface area contributed by atoms with Gasteiger partial charge in [-0.15, -0.1) is 0 Å². The number of hydrogen-bond donors (Lipinski definition) is 1. The molecule has 6 nitrogen and oxygen atoms in total. The van der Waals surface area contributed by atoms with Gasteiger partial charge in [-0.3, -0.25) is 10.1 Å². The zero-order valence-electron chi connectivity index (χ0n) is 17.2. The van der Waals surface area contributed by atoms with E-state index in [1.807, 2.05) is 0 Å². The molecule has 0 aromatic heterocycles. The van der Waals surface area contributed by atoms with Crippen LogP contribution in [-0.2, 0) is 27.5 Å². The van der Waals surface area contributed by atoms with Crippen LogP contribution in [0.4, 0.5) is 13.2 Å². The minimum atomic E-state index is -4.48. The maximum Gasteiger partial charge on any atom is 0.416 e. The van der Waals surface area contributed by atoms with Gasteiger partial charge in [-0.1, -0.05) is 35.3 Å². The summed E-state index contributed by atoms with van der Waals surface area (Å²) in [6, 6.07) is 8.95. The summed E-state index contributed by atoms with van der Waals surface area (Å²) in [5.41, 5.74) is -1.25. The van der Waals surface area contributed by atoms with Gasteiger partial charge < -0.3 is 4.90 Å². The van der Waals surface area contributed by atoms with Crippen molar-refractivity contribution in [3.8, 4) is 0 Å². The van der Waals surface area contributed by atoms with Crippen LogP contribution >= 0.6 is 23.2 Å². The Morgan fingerprint density at radius 1 is 1.03 bits per heavy atom. The summed E-state index contributed by atoms with van der Waals surface area (Å²) in [6.45, 7) is 0.289. The molecule has 2 fully saturated rings. The zero-order chi connectivity index (χ0) is 24.0. The van der Waals surface area contributed by atoms with E-state index in [-0.39, 0.29) is 59.9 Å². The van der Waals surface area contributed by atoms with Crippen molar-refractivity contribution in [2.24, 2.45) is 0 Å². The third kappa shape index (κ3) is 4.72. The lowest BCUT2D eigenvalue weighted by molar-refractivity contribution is -0.137. The van der Waals surface area contributed by atoms with Gasteiger partial charge in [-0.25, -0.2) is 8.42 Å². The highest BCUT2D eigenvalue weighted by Gasteiger charge is 2.48. The summed E-state index contributed by atoms with van der Waals surface area (Å²) in [5, 5.41) is 3.53.